The second-order valence-electron chi connectivity index (χ2n) is 6.11. The highest BCUT2D eigenvalue weighted by Gasteiger charge is 2.16. The van der Waals surface area contributed by atoms with Crippen LogP contribution in [0, 0.1) is 0 Å². The van der Waals surface area contributed by atoms with Crippen LogP contribution in [0.2, 0.25) is 5.02 Å². The van der Waals surface area contributed by atoms with E-state index in [1.807, 2.05) is 30.3 Å². The Morgan fingerprint density at radius 3 is 2.68 bits per heavy atom. The molecule has 0 atom stereocenters. The minimum atomic E-state index is -0.202. The maximum atomic E-state index is 12.3. The van der Waals surface area contributed by atoms with Crippen LogP contribution >= 0.6 is 11.6 Å². The van der Waals surface area contributed by atoms with E-state index < -0.39 is 0 Å². The van der Waals surface area contributed by atoms with Gasteiger partial charge >= 0.3 is 0 Å². The predicted molar refractivity (Wildman–Crippen MR) is 112 cm³/mol. The smallest absolute Gasteiger partial charge is 0.253 e. The van der Waals surface area contributed by atoms with Crippen LogP contribution in [0.5, 0.6) is 5.75 Å². The molecule has 0 saturated heterocycles. The number of hydrogen-bond donors (Lipinski definition) is 2. The average Bonchev–Trinajstić information content (AvgIpc) is 2.74. The number of carbonyl (C=O) groups excluding carboxylic acids is 1. The maximum absolute atomic E-state index is 12.3. The SMILES string of the molecule is CNC(=O)c1cccc2c1nc(Nc1cccc(OC)c1Cl)c1ccncc12. The lowest BCUT2D eigenvalue weighted by Gasteiger charge is -2.15. The number of aromatic nitrogens is 2. The van der Waals surface area contributed by atoms with Crippen molar-refractivity contribution in [2.24, 2.45) is 0 Å². The minimum absolute atomic E-state index is 0.202. The highest BCUT2D eigenvalue weighted by atomic mass is 35.5. The van der Waals surface area contributed by atoms with Crippen LogP contribution in [0.15, 0.2) is 54.9 Å². The number of para-hydroxylation sites is 1. The molecule has 2 N–H and O–H groups in total. The molecule has 140 valence electrons. The topological polar surface area (TPSA) is 76.1 Å². The summed E-state index contributed by atoms with van der Waals surface area (Å²) in [5, 5.41) is 9.01. The molecule has 0 unspecified atom stereocenters. The number of ether oxygens (including phenoxy) is 1. The predicted octanol–water partition coefficient (Wildman–Crippen LogP) is 4.55. The van der Waals surface area contributed by atoms with Crippen molar-refractivity contribution in [1.29, 1.82) is 0 Å². The molecule has 28 heavy (non-hydrogen) atoms. The number of anilines is 2. The van der Waals surface area contributed by atoms with Crippen molar-refractivity contribution in [1.82, 2.24) is 15.3 Å². The zero-order valence-corrected chi connectivity index (χ0v) is 16.0. The second kappa shape index (κ2) is 7.32. The number of nitrogens with zero attached hydrogens (tertiary/aromatic N) is 2. The largest absolute Gasteiger partial charge is 0.495 e. The molecule has 0 aliphatic heterocycles. The highest BCUT2D eigenvalue weighted by Crippen LogP contribution is 2.36. The maximum Gasteiger partial charge on any atom is 0.253 e. The molecule has 1 amide bonds. The van der Waals surface area contributed by atoms with Crippen molar-refractivity contribution in [3.8, 4) is 5.75 Å². The van der Waals surface area contributed by atoms with Gasteiger partial charge in [0.1, 0.15) is 16.6 Å². The first kappa shape index (κ1) is 18.0. The first-order chi connectivity index (χ1) is 13.6. The van der Waals surface area contributed by atoms with Gasteiger partial charge in [-0.3, -0.25) is 9.78 Å². The molecule has 0 bridgehead atoms. The molecule has 0 aliphatic carbocycles. The average molecular weight is 393 g/mol. The van der Waals surface area contributed by atoms with Gasteiger partial charge < -0.3 is 15.4 Å². The van der Waals surface area contributed by atoms with Gasteiger partial charge in [0.05, 0.1) is 23.9 Å². The normalized spacial score (nSPS) is 10.8. The number of hydrogen-bond acceptors (Lipinski definition) is 5. The Balaban J connectivity index is 1.98. The summed E-state index contributed by atoms with van der Waals surface area (Å²) in [6.07, 6.45) is 3.47. The fourth-order valence-corrected chi connectivity index (χ4v) is 3.43. The lowest BCUT2D eigenvalue weighted by Crippen LogP contribution is -2.18. The lowest BCUT2D eigenvalue weighted by molar-refractivity contribution is 0.0964. The second-order valence-corrected chi connectivity index (χ2v) is 6.49. The van der Waals surface area contributed by atoms with Crippen LogP contribution in [-0.4, -0.2) is 30.0 Å². The molecular weight excluding hydrogens is 376 g/mol. The van der Waals surface area contributed by atoms with Crippen molar-refractivity contribution in [3.63, 3.8) is 0 Å². The van der Waals surface area contributed by atoms with Gasteiger partial charge in [0.2, 0.25) is 0 Å². The first-order valence-corrected chi connectivity index (χ1v) is 9.00. The quantitative estimate of drug-likeness (QED) is 0.498. The first-order valence-electron chi connectivity index (χ1n) is 8.62. The Hall–Kier alpha value is -3.38. The van der Waals surface area contributed by atoms with Gasteiger partial charge in [0.25, 0.3) is 5.91 Å². The van der Waals surface area contributed by atoms with Crippen molar-refractivity contribution < 1.29 is 9.53 Å². The standard InChI is InChI=1S/C21H17ClN4O2/c1-23-21(27)14-6-3-5-12-15-11-24-10-9-13(15)20(26-19(12)14)25-16-7-4-8-17(28-2)18(16)22/h3-11H,1-2H3,(H,23,27)(H,25,26). The molecule has 2 aromatic carbocycles. The lowest BCUT2D eigenvalue weighted by atomic mass is 10.0. The molecule has 0 aliphatic rings. The molecule has 2 heterocycles. The molecule has 6 nitrogen and oxygen atoms in total. The number of pyridine rings is 2. The van der Waals surface area contributed by atoms with E-state index in [-0.39, 0.29) is 5.91 Å². The molecule has 0 saturated carbocycles. The summed E-state index contributed by atoms with van der Waals surface area (Å²) in [5.74, 6) is 0.938. The van der Waals surface area contributed by atoms with E-state index in [4.69, 9.17) is 21.3 Å². The molecular formula is C21H17ClN4O2. The number of carbonyl (C=O) groups is 1. The van der Waals surface area contributed by atoms with Gasteiger partial charge in [-0.15, -0.1) is 0 Å². The van der Waals surface area contributed by atoms with E-state index in [0.29, 0.717) is 33.4 Å². The van der Waals surface area contributed by atoms with Crippen molar-refractivity contribution in [3.05, 3.63) is 65.4 Å². The molecule has 0 radical (unpaired) electrons. The van der Waals surface area contributed by atoms with Gasteiger partial charge in [0, 0.05) is 35.6 Å². The van der Waals surface area contributed by atoms with E-state index in [1.54, 1.807) is 38.7 Å². The number of halogens is 1. The number of rotatable bonds is 4. The zero-order chi connectivity index (χ0) is 19.7. The molecule has 0 fully saturated rings. The van der Waals surface area contributed by atoms with Crippen molar-refractivity contribution in [2.75, 3.05) is 19.5 Å². The summed E-state index contributed by atoms with van der Waals surface area (Å²) >= 11 is 6.44. The van der Waals surface area contributed by atoms with Crippen LogP contribution in [0.3, 0.4) is 0 Å². The van der Waals surface area contributed by atoms with Crippen molar-refractivity contribution in [2.45, 2.75) is 0 Å². The molecule has 7 heteroatoms. The van der Waals surface area contributed by atoms with Crippen LogP contribution in [-0.2, 0) is 0 Å². The molecule has 0 spiro atoms. The van der Waals surface area contributed by atoms with Gasteiger partial charge in [0.15, 0.2) is 0 Å². The Morgan fingerprint density at radius 2 is 1.89 bits per heavy atom. The summed E-state index contributed by atoms with van der Waals surface area (Å²) in [4.78, 5) is 21.4. The van der Waals surface area contributed by atoms with Gasteiger partial charge in [-0.2, -0.15) is 0 Å². The van der Waals surface area contributed by atoms with Crippen LogP contribution < -0.4 is 15.4 Å². The Labute approximate surface area is 166 Å². The minimum Gasteiger partial charge on any atom is -0.495 e. The van der Waals surface area contributed by atoms with E-state index in [1.165, 1.54) is 0 Å². The Morgan fingerprint density at radius 1 is 1.07 bits per heavy atom. The number of benzene rings is 2. The van der Waals surface area contributed by atoms with E-state index in [2.05, 4.69) is 15.6 Å². The summed E-state index contributed by atoms with van der Waals surface area (Å²) in [7, 11) is 3.16. The van der Waals surface area contributed by atoms with E-state index >= 15 is 0 Å². The van der Waals surface area contributed by atoms with Crippen LogP contribution in [0.4, 0.5) is 11.5 Å². The summed E-state index contributed by atoms with van der Waals surface area (Å²) in [5.41, 5.74) is 1.73. The van der Waals surface area contributed by atoms with E-state index in [9.17, 15) is 4.79 Å². The number of amides is 1. The number of methoxy groups -OCH3 is 1. The Bertz CT molecular complexity index is 1210. The third-order valence-corrected chi connectivity index (χ3v) is 4.92. The zero-order valence-electron chi connectivity index (χ0n) is 15.3. The van der Waals surface area contributed by atoms with Crippen LogP contribution in [0.1, 0.15) is 10.4 Å². The monoisotopic (exact) mass is 392 g/mol. The fraction of sp³-hybridized carbons (Fsp3) is 0.0952. The number of fused-ring (bicyclic) bond motifs is 3. The molecule has 2 aromatic heterocycles. The highest BCUT2D eigenvalue weighted by molar-refractivity contribution is 6.35. The third kappa shape index (κ3) is 2.97. The summed E-state index contributed by atoms with van der Waals surface area (Å²) in [6, 6.07) is 12.9. The Kier molecular flexibility index (Phi) is 4.71. The number of nitrogens with one attached hydrogen (secondary N) is 2. The summed E-state index contributed by atoms with van der Waals surface area (Å²) < 4.78 is 5.29. The van der Waals surface area contributed by atoms with Crippen LogP contribution in [0.25, 0.3) is 21.7 Å². The third-order valence-electron chi connectivity index (χ3n) is 4.53. The van der Waals surface area contributed by atoms with Gasteiger partial charge in [-0.25, -0.2) is 4.98 Å². The molecule has 4 rings (SSSR count). The van der Waals surface area contributed by atoms with Gasteiger partial charge in [-0.05, 0) is 24.3 Å². The molecule has 4 aromatic rings. The summed E-state index contributed by atoms with van der Waals surface area (Å²) in [6.45, 7) is 0. The van der Waals surface area contributed by atoms with Crippen molar-refractivity contribution >= 4 is 50.7 Å². The fourth-order valence-electron chi connectivity index (χ4n) is 3.17. The van der Waals surface area contributed by atoms with E-state index in [0.717, 1.165) is 16.2 Å². The van der Waals surface area contributed by atoms with Gasteiger partial charge in [-0.1, -0.05) is 29.8 Å².